The molecule has 10 N–H and O–H groups in total. The van der Waals surface area contributed by atoms with E-state index < -0.39 is 0 Å². The molecule has 7 nitrogen and oxygen atoms in total. The third kappa shape index (κ3) is 49.7. The van der Waals surface area contributed by atoms with Crippen LogP contribution < -0.4 is 22.9 Å². The highest BCUT2D eigenvalue weighted by molar-refractivity contribution is 4.48. The van der Waals surface area contributed by atoms with Crippen LogP contribution in [0.2, 0.25) is 0 Å². The van der Waals surface area contributed by atoms with Crippen LogP contribution in [0.1, 0.15) is 13.8 Å². The van der Waals surface area contributed by atoms with Gasteiger partial charge in [-0.3, -0.25) is 0 Å². The summed E-state index contributed by atoms with van der Waals surface area (Å²) in [6.45, 7) is 5.61. The van der Waals surface area contributed by atoms with Crippen LogP contribution in [0.4, 0.5) is 0 Å². The number of rotatable bonds is 6. The van der Waals surface area contributed by atoms with Crippen molar-refractivity contribution >= 4 is 0 Å². The number of hydrogen-bond acceptors (Lipinski definition) is 7. The number of ether oxygens (including phenoxy) is 1. The Morgan fingerprint density at radius 2 is 1.12 bits per heavy atom. The predicted molar refractivity (Wildman–Crippen MR) is 70.4 cm³/mol. The van der Waals surface area contributed by atoms with Crippen LogP contribution in [-0.4, -0.2) is 61.8 Å². The summed E-state index contributed by atoms with van der Waals surface area (Å²) >= 11 is 0. The van der Waals surface area contributed by atoms with E-state index in [9.17, 15) is 0 Å². The molecule has 0 rings (SSSR count). The highest BCUT2D eigenvalue weighted by Gasteiger charge is 1.80. The molecule has 0 aliphatic rings. The zero-order chi connectivity index (χ0) is 14.1. The molecule has 0 radical (unpaired) electrons. The molecule has 0 aromatic carbocycles. The first kappa shape index (κ1) is 21.9. The molecule has 0 fully saturated rings. The van der Waals surface area contributed by atoms with Gasteiger partial charge in [0.15, 0.2) is 0 Å². The molecule has 0 amide bonds. The fraction of sp³-hybridized carbons (Fsp3) is 1.00. The molecule has 2 atom stereocenters. The first-order chi connectivity index (χ1) is 7.95. The molecule has 17 heavy (non-hydrogen) atoms. The molecule has 0 aliphatic heterocycles. The first-order valence-electron chi connectivity index (χ1n) is 5.66. The Kier molecular flexibility index (Phi) is 27.2. The zero-order valence-electron chi connectivity index (χ0n) is 11.0. The van der Waals surface area contributed by atoms with Crippen LogP contribution in [0.3, 0.4) is 0 Å². The Morgan fingerprint density at radius 1 is 0.882 bits per heavy atom. The van der Waals surface area contributed by atoms with Gasteiger partial charge in [0.05, 0.1) is 26.4 Å². The maximum Gasteiger partial charge on any atom is 0.0698 e. The van der Waals surface area contributed by atoms with E-state index in [1.165, 1.54) is 0 Å². The average Bonchev–Trinajstić information content (AvgIpc) is 2.31. The molecular formula is C10H30N4O3. The molecule has 7 heteroatoms. The quantitative estimate of drug-likeness (QED) is 0.288. The van der Waals surface area contributed by atoms with E-state index in [1.54, 1.807) is 0 Å². The number of hydrogen-bond donors (Lipinski definition) is 6. The monoisotopic (exact) mass is 254 g/mol. The second-order valence-corrected chi connectivity index (χ2v) is 3.49. The van der Waals surface area contributed by atoms with Crippen LogP contribution in [0.15, 0.2) is 0 Å². The van der Waals surface area contributed by atoms with Crippen molar-refractivity contribution in [1.29, 1.82) is 0 Å². The maximum absolute atomic E-state index is 8.09. The van der Waals surface area contributed by atoms with E-state index in [1.807, 2.05) is 13.8 Å². The van der Waals surface area contributed by atoms with Crippen molar-refractivity contribution in [3.63, 3.8) is 0 Å². The van der Waals surface area contributed by atoms with Gasteiger partial charge in [0, 0.05) is 25.2 Å². The molecule has 0 aromatic heterocycles. The molecule has 0 spiro atoms. The molecule has 0 heterocycles. The second-order valence-electron chi connectivity index (χ2n) is 3.49. The van der Waals surface area contributed by atoms with E-state index in [4.69, 9.17) is 33.1 Å². The Hall–Kier alpha value is -0.280. The zero-order valence-corrected chi connectivity index (χ0v) is 11.0. The Bertz CT molecular complexity index is 104. The van der Waals surface area contributed by atoms with Gasteiger partial charge in [-0.25, -0.2) is 0 Å². The lowest BCUT2D eigenvalue weighted by Gasteiger charge is -1.94. The van der Waals surface area contributed by atoms with Gasteiger partial charge in [0.2, 0.25) is 0 Å². The molecule has 2 unspecified atom stereocenters. The van der Waals surface area contributed by atoms with Crippen molar-refractivity contribution in [2.45, 2.75) is 25.9 Å². The highest BCUT2D eigenvalue weighted by atomic mass is 16.5. The number of aliphatic hydroxyl groups excluding tert-OH is 2. The Labute approximate surface area is 104 Å². The van der Waals surface area contributed by atoms with Crippen LogP contribution >= 0.6 is 0 Å². The van der Waals surface area contributed by atoms with E-state index in [-0.39, 0.29) is 25.3 Å². The molecule has 0 saturated carbocycles. The summed E-state index contributed by atoms with van der Waals surface area (Å²) in [5.74, 6) is 0. The first-order valence-corrected chi connectivity index (χ1v) is 5.66. The van der Waals surface area contributed by atoms with Gasteiger partial charge in [-0.15, -0.1) is 0 Å². The van der Waals surface area contributed by atoms with Gasteiger partial charge in [0.1, 0.15) is 0 Å². The van der Waals surface area contributed by atoms with Crippen molar-refractivity contribution in [3.05, 3.63) is 0 Å². The SMILES string of the molecule is CC(N)CN.CC(N)CN.OCCOCCO. The van der Waals surface area contributed by atoms with Gasteiger partial charge < -0.3 is 37.9 Å². The van der Waals surface area contributed by atoms with Crippen molar-refractivity contribution < 1.29 is 14.9 Å². The fourth-order valence-corrected chi connectivity index (χ4v) is 0.231. The van der Waals surface area contributed by atoms with Gasteiger partial charge in [-0.2, -0.15) is 0 Å². The Balaban J connectivity index is -0.000000177. The fourth-order valence-electron chi connectivity index (χ4n) is 0.231. The smallest absolute Gasteiger partial charge is 0.0698 e. The number of nitrogens with two attached hydrogens (primary N) is 4. The van der Waals surface area contributed by atoms with Gasteiger partial charge in [-0.1, -0.05) is 0 Å². The van der Waals surface area contributed by atoms with Crippen LogP contribution in [-0.2, 0) is 4.74 Å². The van der Waals surface area contributed by atoms with Crippen molar-refractivity contribution in [2.75, 3.05) is 39.5 Å². The van der Waals surface area contributed by atoms with Crippen molar-refractivity contribution in [2.24, 2.45) is 22.9 Å². The molecule has 108 valence electrons. The lowest BCUT2D eigenvalue weighted by molar-refractivity contribution is 0.0650. The van der Waals surface area contributed by atoms with Crippen LogP contribution in [0.5, 0.6) is 0 Å². The summed E-state index contributed by atoms with van der Waals surface area (Å²) in [7, 11) is 0. The highest BCUT2D eigenvalue weighted by Crippen LogP contribution is 1.68. The summed E-state index contributed by atoms with van der Waals surface area (Å²) < 4.78 is 4.63. The predicted octanol–water partition coefficient (Wildman–Crippen LogP) is -2.43. The maximum atomic E-state index is 8.09. The van der Waals surface area contributed by atoms with Crippen molar-refractivity contribution in [3.8, 4) is 0 Å². The second kappa shape index (κ2) is 21.1. The average molecular weight is 254 g/mol. The van der Waals surface area contributed by atoms with Gasteiger partial charge in [-0.05, 0) is 13.8 Å². The molecule has 0 aromatic rings. The topological polar surface area (TPSA) is 154 Å². The molecule has 0 bridgehead atoms. The molecule has 0 aliphatic carbocycles. The molecule has 0 saturated heterocycles. The van der Waals surface area contributed by atoms with E-state index in [2.05, 4.69) is 4.74 Å². The lowest BCUT2D eigenvalue weighted by Crippen LogP contribution is -2.25. The van der Waals surface area contributed by atoms with Gasteiger partial charge in [0.25, 0.3) is 0 Å². The summed E-state index contributed by atoms with van der Waals surface area (Å²) in [6, 6.07) is 0.324. The van der Waals surface area contributed by atoms with Crippen molar-refractivity contribution in [1.82, 2.24) is 0 Å². The normalized spacial score (nSPS) is 12.7. The van der Waals surface area contributed by atoms with Gasteiger partial charge >= 0.3 is 0 Å². The summed E-state index contributed by atoms with van der Waals surface area (Å²) in [6.07, 6.45) is 0. The minimum Gasteiger partial charge on any atom is -0.394 e. The third-order valence-corrected chi connectivity index (χ3v) is 1.21. The standard InChI is InChI=1S/C4H10O3.2C3H10N2/c5-1-3-7-4-2-6;2*1-3(5)2-4/h5-6H,1-4H2;2*3H,2,4-5H2,1H3. The lowest BCUT2D eigenvalue weighted by atomic mass is 10.4. The summed E-state index contributed by atoms with van der Waals surface area (Å²) in [4.78, 5) is 0. The Morgan fingerprint density at radius 3 is 1.24 bits per heavy atom. The summed E-state index contributed by atoms with van der Waals surface area (Å²) in [5.41, 5.74) is 20.4. The minimum absolute atomic E-state index is 0.0278. The van der Waals surface area contributed by atoms with Crippen LogP contribution in [0.25, 0.3) is 0 Å². The largest absolute Gasteiger partial charge is 0.394 e. The summed E-state index contributed by atoms with van der Waals surface area (Å²) in [5, 5.41) is 16.2. The third-order valence-electron chi connectivity index (χ3n) is 1.21. The van der Waals surface area contributed by atoms with E-state index in [0.717, 1.165) is 0 Å². The van der Waals surface area contributed by atoms with E-state index >= 15 is 0 Å². The molecular weight excluding hydrogens is 224 g/mol. The minimum atomic E-state index is 0.0278. The van der Waals surface area contributed by atoms with E-state index in [0.29, 0.717) is 26.3 Å². The number of aliphatic hydroxyl groups is 2. The van der Waals surface area contributed by atoms with Crippen LogP contribution in [0, 0.1) is 0 Å².